The summed E-state index contributed by atoms with van der Waals surface area (Å²) in [6.07, 6.45) is 6.98. The number of benzene rings is 1. The number of nitrogens with zero attached hydrogens (tertiary/aromatic N) is 1. The summed E-state index contributed by atoms with van der Waals surface area (Å²) in [5.74, 6) is 1.25. The number of ketones is 1. The Labute approximate surface area is 153 Å². The largest absolute Gasteiger partial charge is 0.504 e. The number of hydrogen-bond donors (Lipinski definition) is 2. The van der Waals surface area contributed by atoms with E-state index in [1.807, 2.05) is 18.2 Å². The molecule has 5 rings (SSSR count). The quantitative estimate of drug-likeness (QED) is 0.848. The van der Waals surface area contributed by atoms with Crippen molar-refractivity contribution in [1.29, 1.82) is 0 Å². The zero-order chi connectivity index (χ0) is 18.1. The van der Waals surface area contributed by atoms with E-state index in [0.717, 1.165) is 30.1 Å². The maximum absolute atomic E-state index is 12.8. The van der Waals surface area contributed by atoms with Crippen LogP contribution in [0, 0.1) is 5.92 Å². The number of hydrogen-bond acceptors (Lipinski definition) is 5. The minimum Gasteiger partial charge on any atom is -0.504 e. The lowest BCUT2D eigenvalue weighted by atomic mass is 9.54. The van der Waals surface area contributed by atoms with Gasteiger partial charge in [-0.25, -0.2) is 0 Å². The summed E-state index contributed by atoms with van der Waals surface area (Å²) in [4.78, 5) is 15.1. The lowest BCUT2D eigenvalue weighted by Crippen LogP contribution is -2.64. The summed E-state index contributed by atoms with van der Waals surface area (Å²) < 4.78 is 6.02. The molecule has 2 N–H and O–H groups in total. The molecule has 0 amide bonds. The Bertz CT molecular complexity index is 814. The van der Waals surface area contributed by atoms with Crippen molar-refractivity contribution in [3.8, 4) is 11.5 Å². The number of aliphatic hydroxyl groups is 1. The maximum atomic E-state index is 12.8. The highest BCUT2D eigenvalue weighted by Gasteiger charge is 2.66. The van der Waals surface area contributed by atoms with Crippen LogP contribution in [0.3, 0.4) is 0 Å². The van der Waals surface area contributed by atoms with Gasteiger partial charge in [-0.05, 0) is 56.8 Å². The van der Waals surface area contributed by atoms with Crippen molar-refractivity contribution in [3.63, 3.8) is 0 Å². The Morgan fingerprint density at radius 3 is 2.92 bits per heavy atom. The summed E-state index contributed by atoms with van der Waals surface area (Å²) in [6, 6.07) is 3.46. The molecule has 2 fully saturated rings. The molecular formula is C21H25NO4. The fraction of sp³-hybridized carbons (Fsp3) is 0.571. The van der Waals surface area contributed by atoms with Crippen LogP contribution in [0.2, 0.25) is 0 Å². The van der Waals surface area contributed by atoms with Crippen molar-refractivity contribution >= 4 is 11.9 Å². The molecule has 0 saturated heterocycles. The van der Waals surface area contributed by atoms with Gasteiger partial charge in [-0.15, -0.1) is 0 Å². The molecule has 3 aliphatic carbocycles. The number of Topliss-reactive ketones (excluding diaryl/α,β-unsaturated/α-hetero) is 1. The second-order valence-corrected chi connectivity index (χ2v) is 8.53. The van der Waals surface area contributed by atoms with Crippen LogP contribution in [0.15, 0.2) is 18.2 Å². The zero-order valence-corrected chi connectivity index (χ0v) is 15.1. The average Bonchev–Trinajstić information content (AvgIpc) is 3.34. The monoisotopic (exact) mass is 355 g/mol. The Hall–Kier alpha value is -1.85. The van der Waals surface area contributed by atoms with E-state index >= 15 is 0 Å². The summed E-state index contributed by atoms with van der Waals surface area (Å²) in [5.41, 5.74) is -0.166. The van der Waals surface area contributed by atoms with Crippen molar-refractivity contribution in [2.45, 2.75) is 49.2 Å². The van der Waals surface area contributed by atoms with Crippen molar-refractivity contribution in [1.82, 2.24) is 4.90 Å². The molecule has 5 heteroatoms. The van der Waals surface area contributed by atoms with Crippen LogP contribution >= 0.6 is 0 Å². The Morgan fingerprint density at radius 2 is 2.15 bits per heavy atom. The Morgan fingerprint density at radius 1 is 1.35 bits per heavy atom. The highest BCUT2D eigenvalue weighted by Crippen LogP contribution is 2.61. The number of carbonyl (C=O) groups excluding carboxylic acids is 1. The lowest BCUT2D eigenvalue weighted by molar-refractivity contribution is -0.144. The highest BCUT2D eigenvalue weighted by atomic mass is 16.5. The molecule has 0 spiro atoms. The van der Waals surface area contributed by atoms with E-state index in [-0.39, 0.29) is 11.5 Å². The average molecular weight is 355 g/mol. The molecule has 26 heavy (non-hydrogen) atoms. The van der Waals surface area contributed by atoms with Gasteiger partial charge in [0.05, 0.1) is 11.0 Å². The molecule has 1 aromatic carbocycles. The molecule has 4 aliphatic rings. The molecular weight excluding hydrogens is 330 g/mol. The summed E-state index contributed by atoms with van der Waals surface area (Å²) in [7, 11) is 2.11. The minimum absolute atomic E-state index is 0.0244. The van der Waals surface area contributed by atoms with Crippen LogP contribution in [-0.4, -0.2) is 52.7 Å². The fourth-order valence-corrected chi connectivity index (χ4v) is 5.24. The van der Waals surface area contributed by atoms with Crippen LogP contribution in [0.4, 0.5) is 0 Å². The van der Waals surface area contributed by atoms with Gasteiger partial charge in [-0.3, -0.25) is 4.79 Å². The first-order valence-electron chi connectivity index (χ1n) is 9.60. The molecule has 1 aliphatic heterocycles. The van der Waals surface area contributed by atoms with Gasteiger partial charge in [0.2, 0.25) is 0 Å². The third-order valence-electron chi connectivity index (χ3n) is 6.81. The predicted octanol–water partition coefficient (Wildman–Crippen LogP) is 2.24. The van der Waals surface area contributed by atoms with Gasteiger partial charge in [-0.2, -0.15) is 0 Å². The molecule has 0 unspecified atom stereocenters. The van der Waals surface area contributed by atoms with Crippen molar-refractivity contribution in [3.05, 3.63) is 29.3 Å². The van der Waals surface area contributed by atoms with E-state index < -0.39 is 17.1 Å². The molecule has 1 aromatic rings. The van der Waals surface area contributed by atoms with Crippen LogP contribution in [-0.2, 0) is 10.2 Å². The number of phenols is 1. The molecule has 5 nitrogen and oxygen atoms in total. The molecule has 138 valence electrons. The fourth-order valence-electron chi connectivity index (χ4n) is 5.24. The van der Waals surface area contributed by atoms with Gasteiger partial charge >= 0.3 is 0 Å². The standard InChI is InChI=1S/C21H25NO4/c1-22(12-13-2-3-13)11-10-21-17-14-4-5-15(23)18(17)26-19(21)16(24)7-9-20(21,25)8-6-14/h4-6,8,13,19,23,25H,2-3,7,9-12H2,1H3/t19-,20-,21-/m0/s1. The third kappa shape index (κ3) is 2.07. The normalized spacial score (nSPS) is 34.1. The van der Waals surface area contributed by atoms with E-state index in [1.165, 1.54) is 12.8 Å². The van der Waals surface area contributed by atoms with Gasteiger partial charge < -0.3 is 19.8 Å². The molecule has 0 bridgehead atoms. The number of rotatable bonds is 5. The Kier molecular flexibility index (Phi) is 3.35. The minimum atomic E-state index is -1.11. The maximum Gasteiger partial charge on any atom is 0.174 e. The zero-order valence-electron chi connectivity index (χ0n) is 15.1. The Balaban J connectivity index is 1.60. The van der Waals surface area contributed by atoms with E-state index in [2.05, 4.69) is 11.9 Å². The smallest absolute Gasteiger partial charge is 0.174 e. The van der Waals surface area contributed by atoms with Gasteiger partial charge in [-0.1, -0.05) is 18.2 Å². The van der Waals surface area contributed by atoms with E-state index in [0.29, 0.717) is 25.0 Å². The number of ether oxygens (including phenoxy) is 1. The second kappa shape index (κ2) is 5.33. The highest BCUT2D eigenvalue weighted by molar-refractivity contribution is 5.91. The number of carbonyl (C=O) groups is 1. The molecule has 3 atom stereocenters. The number of aromatic hydroxyl groups is 1. The SMILES string of the molecule is CN(CC[C@]12c3c4ccc(O)c3O[C@H]1C(=O)CC[C@@]2(O)C=C4)CC1CC1. The summed E-state index contributed by atoms with van der Waals surface area (Å²) in [6.45, 7) is 1.85. The second-order valence-electron chi connectivity index (χ2n) is 8.53. The first-order chi connectivity index (χ1) is 12.4. The number of phenolic OH excluding ortho intramolecular Hbond substituents is 1. The van der Waals surface area contributed by atoms with E-state index in [1.54, 1.807) is 6.07 Å². The van der Waals surface area contributed by atoms with Crippen LogP contribution < -0.4 is 4.74 Å². The van der Waals surface area contributed by atoms with Crippen LogP contribution in [0.1, 0.15) is 43.2 Å². The molecule has 0 aromatic heterocycles. The van der Waals surface area contributed by atoms with Crippen molar-refractivity contribution < 1.29 is 19.7 Å². The molecule has 1 heterocycles. The van der Waals surface area contributed by atoms with Gasteiger partial charge in [0.25, 0.3) is 0 Å². The van der Waals surface area contributed by atoms with Crippen molar-refractivity contribution in [2.75, 3.05) is 20.1 Å². The predicted molar refractivity (Wildman–Crippen MR) is 97.3 cm³/mol. The summed E-state index contributed by atoms with van der Waals surface area (Å²) >= 11 is 0. The topological polar surface area (TPSA) is 70.0 Å². The molecule has 0 radical (unpaired) electrons. The van der Waals surface area contributed by atoms with E-state index in [9.17, 15) is 15.0 Å². The first kappa shape index (κ1) is 16.3. The van der Waals surface area contributed by atoms with Crippen LogP contribution in [0.5, 0.6) is 11.5 Å². The van der Waals surface area contributed by atoms with Gasteiger partial charge in [0, 0.05) is 18.5 Å². The lowest BCUT2D eigenvalue weighted by Gasteiger charge is -2.51. The molecule has 2 saturated carbocycles. The van der Waals surface area contributed by atoms with E-state index in [4.69, 9.17) is 4.74 Å². The third-order valence-corrected chi connectivity index (χ3v) is 6.81. The first-order valence-corrected chi connectivity index (χ1v) is 9.60. The van der Waals surface area contributed by atoms with Gasteiger partial charge in [0.15, 0.2) is 23.4 Å². The van der Waals surface area contributed by atoms with Crippen molar-refractivity contribution in [2.24, 2.45) is 5.92 Å². The van der Waals surface area contributed by atoms with Gasteiger partial charge in [0.1, 0.15) is 0 Å². The van der Waals surface area contributed by atoms with Crippen LogP contribution in [0.25, 0.3) is 6.08 Å². The summed E-state index contributed by atoms with van der Waals surface area (Å²) in [5, 5.41) is 21.9.